The number of aryl methyl sites for hydroxylation is 1. The van der Waals surface area contributed by atoms with E-state index >= 15 is 0 Å². The molecule has 0 aliphatic heterocycles. The highest BCUT2D eigenvalue weighted by Crippen LogP contribution is 2.20. The van der Waals surface area contributed by atoms with Gasteiger partial charge in [-0.15, -0.1) is 11.3 Å². The van der Waals surface area contributed by atoms with Gasteiger partial charge < -0.3 is 0 Å². The minimum atomic E-state index is 1.04. The van der Waals surface area contributed by atoms with Gasteiger partial charge in [0.15, 0.2) is 0 Å². The van der Waals surface area contributed by atoms with Crippen molar-refractivity contribution in [2.45, 2.75) is 33.1 Å². The van der Waals surface area contributed by atoms with E-state index in [1.54, 1.807) is 6.20 Å². The molecule has 0 radical (unpaired) electrons. The molecule has 1 heterocycles. The van der Waals surface area contributed by atoms with Gasteiger partial charge in [0.05, 0.1) is 0 Å². The average molecular weight is 207 g/mol. The van der Waals surface area contributed by atoms with Crippen LogP contribution in [0.3, 0.4) is 0 Å². The number of nitrogens with zero attached hydrogens (tertiary/aromatic N) is 1. The van der Waals surface area contributed by atoms with Crippen molar-refractivity contribution in [1.82, 2.24) is 0 Å². The van der Waals surface area contributed by atoms with Crippen LogP contribution >= 0.6 is 11.3 Å². The Morgan fingerprint density at radius 2 is 2.36 bits per heavy atom. The first-order chi connectivity index (χ1) is 6.83. The zero-order valence-corrected chi connectivity index (χ0v) is 9.73. The van der Waals surface area contributed by atoms with Crippen molar-refractivity contribution in [1.29, 1.82) is 0 Å². The van der Waals surface area contributed by atoms with E-state index in [-0.39, 0.29) is 0 Å². The predicted octanol–water partition coefficient (Wildman–Crippen LogP) is 4.04. The Bertz CT molecular complexity index is 323. The first-order valence-electron chi connectivity index (χ1n) is 5.07. The largest absolute Gasteiger partial charge is 0.261 e. The summed E-state index contributed by atoms with van der Waals surface area (Å²) in [4.78, 5) is 5.78. The molecular weight excluding hydrogens is 190 g/mol. The standard InChI is InChI=1S/C12H17NS/c1-4-7-11(13-6-3)10-8-9-14-12(10)5-2/h6,8-9H,3-5,7H2,1-2H3. The monoisotopic (exact) mass is 207 g/mol. The van der Waals surface area contributed by atoms with Gasteiger partial charge in [-0.05, 0) is 24.3 Å². The van der Waals surface area contributed by atoms with Gasteiger partial charge in [-0.1, -0.05) is 26.8 Å². The summed E-state index contributed by atoms with van der Waals surface area (Å²) in [5.41, 5.74) is 2.50. The fourth-order valence-electron chi connectivity index (χ4n) is 1.49. The fraction of sp³-hybridized carbons (Fsp3) is 0.417. The highest BCUT2D eigenvalue weighted by Gasteiger charge is 2.07. The van der Waals surface area contributed by atoms with Crippen molar-refractivity contribution in [2.75, 3.05) is 0 Å². The average Bonchev–Trinajstić information content (AvgIpc) is 2.65. The molecule has 0 fully saturated rings. The molecule has 1 aromatic rings. The van der Waals surface area contributed by atoms with E-state index in [0.717, 1.165) is 19.3 Å². The third kappa shape index (κ3) is 2.55. The van der Waals surface area contributed by atoms with Gasteiger partial charge >= 0.3 is 0 Å². The third-order valence-corrected chi connectivity index (χ3v) is 3.18. The van der Waals surface area contributed by atoms with Crippen molar-refractivity contribution in [3.8, 4) is 0 Å². The molecule has 76 valence electrons. The predicted molar refractivity (Wildman–Crippen MR) is 65.3 cm³/mol. The van der Waals surface area contributed by atoms with Crippen molar-refractivity contribution in [3.63, 3.8) is 0 Å². The lowest BCUT2D eigenvalue weighted by Crippen LogP contribution is -2.00. The molecule has 0 amide bonds. The van der Waals surface area contributed by atoms with Crippen LogP contribution < -0.4 is 0 Å². The van der Waals surface area contributed by atoms with E-state index in [0.29, 0.717) is 0 Å². The van der Waals surface area contributed by atoms with E-state index in [4.69, 9.17) is 0 Å². The Hall–Kier alpha value is -0.890. The maximum Gasteiger partial charge on any atom is 0.0486 e. The zero-order valence-electron chi connectivity index (χ0n) is 8.92. The Kier molecular flexibility index (Phi) is 4.60. The molecule has 0 saturated carbocycles. The summed E-state index contributed by atoms with van der Waals surface area (Å²) in [6.07, 6.45) is 4.90. The van der Waals surface area contributed by atoms with Gasteiger partial charge in [0.25, 0.3) is 0 Å². The first-order valence-corrected chi connectivity index (χ1v) is 5.95. The SMILES string of the molecule is C=CN=C(CCC)c1ccsc1CC. The van der Waals surface area contributed by atoms with Crippen LogP contribution in [0.1, 0.15) is 37.1 Å². The second kappa shape index (κ2) is 5.76. The Balaban J connectivity index is 2.98. The van der Waals surface area contributed by atoms with Crippen molar-refractivity contribution in [3.05, 3.63) is 34.7 Å². The molecule has 2 heteroatoms. The van der Waals surface area contributed by atoms with Crippen LogP contribution in [-0.2, 0) is 6.42 Å². The van der Waals surface area contributed by atoms with Crippen LogP contribution in [-0.4, -0.2) is 5.71 Å². The molecule has 0 aliphatic carbocycles. The minimum Gasteiger partial charge on any atom is -0.261 e. The lowest BCUT2D eigenvalue weighted by atomic mass is 10.1. The minimum absolute atomic E-state index is 1.04. The lowest BCUT2D eigenvalue weighted by Gasteiger charge is -2.04. The normalized spacial score (nSPS) is 11.7. The molecule has 0 saturated heterocycles. The summed E-state index contributed by atoms with van der Waals surface area (Å²) in [6, 6.07) is 2.17. The maximum absolute atomic E-state index is 4.35. The van der Waals surface area contributed by atoms with Crippen LogP contribution in [0.4, 0.5) is 0 Å². The quantitative estimate of drug-likeness (QED) is 0.646. The summed E-state index contributed by atoms with van der Waals surface area (Å²) in [6.45, 7) is 8.03. The summed E-state index contributed by atoms with van der Waals surface area (Å²) in [7, 11) is 0. The molecule has 0 bridgehead atoms. The van der Waals surface area contributed by atoms with Gasteiger partial charge in [-0.2, -0.15) is 0 Å². The molecule has 1 aromatic heterocycles. The molecule has 14 heavy (non-hydrogen) atoms. The summed E-state index contributed by atoms with van der Waals surface area (Å²) < 4.78 is 0. The molecule has 0 unspecified atom stereocenters. The van der Waals surface area contributed by atoms with Crippen molar-refractivity contribution < 1.29 is 0 Å². The van der Waals surface area contributed by atoms with Gasteiger partial charge in [-0.25, -0.2) is 0 Å². The smallest absolute Gasteiger partial charge is 0.0486 e. The topological polar surface area (TPSA) is 12.4 Å². The number of rotatable bonds is 5. The molecule has 1 rings (SSSR count). The maximum atomic E-state index is 4.35. The fourth-order valence-corrected chi connectivity index (χ4v) is 2.34. The van der Waals surface area contributed by atoms with E-state index in [9.17, 15) is 0 Å². The first kappa shape index (κ1) is 11.2. The van der Waals surface area contributed by atoms with E-state index in [2.05, 4.69) is 36.9 Å². The summed E-state index contributed by atoms with van der Waals surface area (Å²) in [5, 5.41) is 2.14. The second-order valence-electron chi connectivity index (χ2n) is 3.12. The highest BCUT2D eigenvalue weighted by molar-refractivity contribution is 7.10. The van der Waals surface area contributed by atoms with Crippen molar-refractivity contribution in [2.24, 2.45) is 4.99 Å². The van der Waals surface area contributed by atoms with Gasteiger partial charge in [0.1, 0.15) is 0 Å². The Labute approximate surface area is 90.2 Å². The zero-order chi connectivity index (χ0) is 10.4. The van der Waals surface area contributed by atoms with Gasteiger partial charge in [0, 0.05) is 22.4 Å². The number of hydrogen-bond acceptors (Lipinski definition) is 2. The molecule has 0 N–H and O–H groups in total. The Morgan fingerprint density at radius 3 is 2.93 bits per heavy atom. The second-order valence-corrected chi connectivity index (χ2v) is 4.12. The molecule has 0 aliphatic rings. The van der Waals surface area contributed by atoms with Gasteiger partial charge in [-0.3, -0.25) is 4.99 Å². The number of hydrogen-bond donors (Lipinski definition) is 0. The van der Waals surface area contributed by atoms with E-state index < -0.39 is 0 Å². The summed E-state index contributed by atoms with van der Waals surface area (Å²) >= 11 is 1.81. The van der Waals surface area contributed by atoms with Crippen LogP contribution in [0, 0.1) is 0 Å². The van der Waals surface area contributed by atoms with Crippen LogP contribution in [0.5, 0.6) is 0 Å². The van der Waals surface area contributed by atoms with Crippen LogP contribution in [0.25, 0.3) is 0 Å². The van der Waals surface area contributed by atoms with Crippen LogP contribution in [0.15, 0.2) is 29.2 Å². The molecule has 1 nitrogen and oxygen atoms in total. The Morgan fingerprint density at radius 1 is 1.57 bits per heavy atom. The summed E-state index contributed by atoms with van der Waals surface area (Å²) in [5.74, 6) is 0. The molecular formula is C12H17NS. The number of thiophene rings is 1. The van der Waals surface area contributed by atoms with E-state index in [1.807, 2.05) is 11.3 Å². The van der Waals surface area contributed by atoms with E-state index in [1.165, 1.54) is 16.2 Å². The van der Waals surface area contributed by atoms with Crippen molar-refractivity contribution >= 4 is 17.0 Å². The van der Waals surface area contributed by atoms with Crippen LogP contribution in [0.2, 0.25) is 0 Å². The highest BCUT2D eigenvalue weighted by atomic mass is 32.1. The molecule has 0 spiro atoms. The lowest BCUT2D eigenvalue weighted by molar-refractivity contribution is 0.990. The molecule has 0 aromatic carbocycles. The third-order valence-electron chi connectivity index (χ3n) is 2.11. The molecule has 0 atom stereocenters. The van der Waals surface area contributed by atoms with Gasteiger partial charge in [0.2, 0.25) is 0 Å². The number of aliphatic imine (C=N–C) groups is 1.